The number of aryl methyl sites for hydroxylation is 1. The average molecular weight is 334 g/mol. The van der Waals surface area contributed by atoms with Crippen molar-refractivity contribution in [1.29, 1.82) is 0 Å². The van der Waals surface area contributed by atoms with Crippen LogP contribution in [0.2, 0.25) is 0 Å². The molecule has 2 aromatic rings. The van der Waals surface area contributed by atoms with Crippen LogP contribution in [0.4, 0.5) is 5.13 Å². The summed E-state index contributed by atoms with van der Waals surface area (Å²) in [5.74, 6) is -0.118. The zero-order chi connectivity index (χ0) is 16.9. The zero-order valence-corrected chi connectivity index (χ0v) is 14.2. The smallest absolute Gasteiger partial charge is 0.251 e. The summed E-state index contributed by atoms with van der Waals surface area (Å²) in [4.78, 5) is 12.2. The second-order valence-electron chi connectivity index (χ2n) is 6.05. The molecule has 6 nitrogen and oxygen atoms in total. The van der Waals surface area contributed by atoms with E-state index in [4.69, 9.17) is 5.73 Å². The van der Waals surface area contributed by atoms with Crippen molar-refractivity contribution < 1.29 is 9.90 Å². The molecular formula is C16H22N4O2S. The predicted octanol–water partition coefficient (Wildman–Crippen LogP) is 1.80. The molecule has 124 valence electrons. The third kappa shape index (κ3) is 5.96. The second-order valence-corrected chi connectivity index (χ2v) is 7.15. The monoisotopic (exact) mass is 334 g/mol. The Morgan fingerprint density at radius 3 is 2.78 bits per heavy atom. The van der Waals surface area contributed by atoms with Crippen molar-refractivity contribution in [3.05, 3.63) is 40.4 Å². The van der Waals surface area contributed by atoms with Crippen LogP contribution >= 0.6 is 11.3 Å². The molecule has 7 heteroatoms. The Morgan fingerprint density at radius 1 is 1.35 bits per heavy atom. The first kappa shape index (κ1) is 17.4. The van der Waals surface area contributed by atoms with Crippen LogP contribution < -0.4 is 11.1 Å². The summed E-state index contributed by atoms with van der Waals surface area (Å²) in [6, 6.07) is 7.47. The van der Waals surface area contributed by atoms with E-state index in [9.17, 15) is 9.90 Å². The highest BCUT2D eigenvalue weighted by Gasteiger charge is 2.13. The molecule has 1 amide bonds. The van der Waals surface area contributed by atoms with E-state index in [1.807, 2.05) is 18.2 Å². The minimum absolute atomic E-state index is 0.118. The highest BCUT2D eigenvalue weighted by atomic mass is 32.1. The first-order valence-electron chi connectivity index (χ1n) is 7.51. The van der Waals surface area contributed by atoms with Crippen molar-refractivity contribution >= 4 is 22.4 Å². The van der Waals surface area contributed by atoms with Crippen molar-refractivity contribution in [3.8, 4) is 0 Å². The van der Waals surface area contributed by atoms with Crippen LogP contribution in [-0.2, 0) is 12.8 Å². The summed E-state index contributed by atoms with van der Waals surface area (Å²) in [5, 5.41) is 21.5. The normalized spacial score (nSPS) is 11.4. The fourth-order valence-corrected chi connectivity index (χ4v) is 2.68. The molecule has 0 unspecified atom stereocenters. The van der Waals surface area contributed by atoms with Gasteiger partial charge in [-0.15, -0.1) is 10.2 Å². The summed E-state index contributed by atoms with van der Waals surface area (Å²) in [6.07, 6.45) is 1.99. The molecule has 1 heterocycles. The van der Waals surface area contributed by atoms with Gasteiger partial charge in [0.25, 0.3) is 5.91 Å². The molecule has 0 spiro atoms. The molecule has 4 N–H and O–H groups in total. The van der Waals surface area contributed by atoms with Crippen LogP contribution in [0.1, 0.15) is 41.2 Å². The Hall–Kier alpha value is -1.99. The number of rotatable bonds is 7. The Balaban J connectivity index is 1.86. The number of anilines is 1. The summed E-state index contributed by atoms with van der Waals surface area (Å²) >= 11 is 1.33. The van der Waals surface area contributed by atoms with Crippen molar-refractivity contribution in [2.45, 2.75) is 38.7 Å². The van der Waals surface area contributed by atoms with Gasteiger partial charge in [-0.3, -0.25) is 4.79 Å². The number of nitrogens with one attached hydrogen (secondary N) is 1. The molecule has 0 bridgehead atoms. The maximum absolute atomic E-state index is 12.2. The third-order valence-corrected chi connectivity index (χ3v) is 4.13. The van der Waals surface area contributed by atoms with Crippen LogP contribution in [0.15, 0.2) is 24.3 Å². The SMILES string of the molecule is CC(C)(O)CCc1cccc(C(=O)NCCc2nnc(N)s2)c1. The summed E-state index contributed by atoms with van der Waals surface area (Å²) < 4.78 is 0. The first-order chi connectivity index (χ1) is 10.8. The van der Waals surface area contributed by atoms with Gasteiger partial charge in [0.15, 0.2) is 0 Å². The van der Waals surface area contributed by atoms with Crippen LogP contribution in [0, 0.1) is 0 Å². The van der Waals surface area contributed by atoms with Gasteiger partial charge in [0.1, 0.15) is 5.01 Å². The van der Waals surface area contributed by atoms with E-state index in [1.54, 1.807) is 19.9 Å². The number of amides is 1. The number of nitrogen functional groups attached to an aromatic ring is 1. The topological polar surface area (TPSA) is 101 Å². The highest BCUT2D eigenvalue weighted by molar-refractivity contribution is 7.15. The van der Waals surface area contributed by atoms with Crippen LogP contribution in [0.25, 0.3) is 0 Å². The highest BCUT2D eigenvalue weighted by Crippen LogP contribution is 2.14. The van der Waals surface area contributed by atoms with Crippen molar-refractivity contribution in [2.24, 2.45) is 0 Å². The minimum atomic E-state index is -0.706. The average Bonchev–Trinajstić information content (AvgIpc) is 2.90. The molecule has 0 fully saturated rings. The van der Waals surface area contributed by atoms with Gasteiger partial charge in [-0.1, -0.05) is 23.5 Å². The predicted molar refractivity (Wildman–Crippen MR) is 91.4 cm³/mol. The van der Waals surface area contributed by atoms with Gasteiger partial charge in [0.2, 0.25) is 5.13 Å². The van der Waals surface area contributed by atoms with E-state index < -0.39 is 5.60 Å². The Morgan fingerprint density at radius 2 is 2.13 bits per heavy atom. The van der Waals surface area contributed by atoms with Gasteiger partial charge in [-0.25, -0.2) is 0 Å². The van der Waals surface area contributed by atoms with Gasteiger partial charge in [-0.2, -0.15) is 0 Å². The number of carbonyl (C=O) groups is 1. The molecule has 0 radical (unpaired) electrons. The number of nitrogens with zero attached hydrogens (tertiary/aromatic N) is 2. The number of hydrogen-bond acceptors (Lipinski definition) is 6. The molecule has 23 heavy (non-hydrogen) atoms. The number of hydrogen-bond donors (Lipinski definition) is 3. The largest absolute Gasteiger partial charge is 0.390 e. The maximum Gasteiger partial charge on any atom is 0.251 e. The number of aromatic nitrogens is 2. The summed E-state index contributed by atoms with van der Waals surface area (Å²) in [5.41, 5.74) is 6.47. The standard InChI is InChI=1S/C16H22N4O2S/c1-16(2,22)8-6-11-4-3-5-12(10-11)14(21)18-9-7-13-19-20-15(17)23-13/h3-5,10,22H,6-9H2,1-2H3,(H2,17,20)(H,18,21). The molecule has 0 aliphatic heterocycles. The molecule has 1 aromatic heterocycles. The number of carbonyl (C=O) groups excluding carboxylic acids is 1. The van der Waals surface area contributed by atoms with E-state index >= 15 is 0 Å². The van der Waals surface area contributed by atoms with E-state index in [0.717, 1.165) is 17.0 Å². The van der Waals surface area contributed by atoms with E-state index in [1.165, 1.54) is 11.3 Å². The minimum Gasteiger partial charge on any atom is -0.390 e. The quantitative estimate of drug-likeness (QED) is 0.717. The van der Waals surface area contributed by atoms with Crippen LogP contribution in [-0.4, -0.2) is 33.4 Å². The summed E-state index contributed by atoms with van der Waals surface area (Å²) in [6.45, 7) is 4.05. The third-order valence-electron chi connectivity index (χ3n) is 3.32. The van der Waals surface area contributed by atoms with E-state index in [-0.39, 0.29) is 5.91 Å². The Kier molecular flexibility index (Phi) is 5.68. The molecule has 1 aromatic carbocycles. The molecular weight excluding hydrogens is 312 g/mol. The number of aliphatic hydroxyl groups is 1. The van der Waals surface area contributed by atoms with Gasteiger partial charge >= 0.3 is 0 Å². The lowest BCUT2D eigenvalue weighted by atomic mass is 9.98. The van der Waals surface area contributed by atoms with E-state index in [2.05, 4.69) is 15.5 Å². The fraction of sp³-hybridized carbons (Fsp3) is 0.438. The number of nitrogens with two attached hydrogens (primary N) is 1. The maximum atomic E-state index is 12.2. The van der Waals surface area contributed by atoms with Gasteiger partial charge < -0.3 is 16.2 Å². The lowest BCUT2D eigenvalue weighted by molar-refractivity contribution is 0.0714. The molecule has 0 aliphatic carbocycles. The molecule has 0 saturated heterocycles. The van der Waals surface area contributed by atoms with Crippen LogP contribution in [0.3, 0.4) is 0 Å². The van der Waals surface area contributed by atoms with Crippen molar-refractivity contribution in [2.75, 3.05) is 12.3 Å². The molecule has 0 aliphatic rings. The van der Waals surface area contributed by atoms with E-state index in [0.29, 0.717) is 30.1 Å². The van der Waals surface area contributed by atoms with Crippen molar-refractivity contribution in [3.63, 3.8) is 0 Å². The Bertz CT molecular complexity index is 664. The fourth-order valence-electron chi connectivity index (χ4n) is 2.07. The first-order valence-corrected chi connectivity index (χ1v) is 8.32. The molecule has 0 saturated carbocycles. The van der Waals surface area contributed by atoms with Crippen LogP contribution in [0.5, 0.6) is 0 Å². The summed E-state index contributed by atoms with van der Waals surface area (Å²) in [7, 11) is 0. The number of benzene rings is 1. The van der Waals surface area contributed by atoms with Gasteiger partial charge in [0, 0.05) is 18.5 Å². The zero-order valence-electron chi connectivity index (χ0n) is 13.4. The molecule has 0 atom stereocenters. The van der Waals surface area contributed by atoms with Gasteiger partial charge in [-0.05, 0) is 44.4 Å². The molecule has 2 rings (SSSR count). The lowest BCUT2D eigenvalue weighted by Crippen LogP contribution is -2.25. The Labute approximate surface area is 139 Å². The lowest BCUT2D eigenvalue weighted by Gasteiger charge is -2.16. The van der Waals surface area contributed by atoms with Crippen molar-refractivity contribution in [1.82, 2.24) is 15.5 Å². The van der Waals surface area contributed by atoms with Gasteiger partial charge in [0.05, 0.1) is 5.60 Å². The second kappa shape index (κ2) is 7.52.